The Bertz CT molecular complexity index is 1080. The van der Waals surface area contributed by atoms with E-state index in [9.17, 15) is 18.0 Å². The molecule has 0 unspecified atom stereocenters. The molecule has 1 aromatic carbocycles. The second kappa shape index (κ2) is 8.85. The number of carbonyl (C=O) groups excluding carboxylic acids is 1. The summed E-state index contributed by atoms with van der Waals surface area (Å²) in [5.41, 5.74) is 4.24. The van der Waals surface area contributed by atoms with E-state index >= 15 is 0 Å². The zero-order chi connectivity index (χ0) is 21.7. The highest BCUT2D eigenvalue weighted by atomic mass is 19.4. The molecule has 2 amide bonds. The third-order valence-corrected chi connectivity index (χ3v) is 4.25. The van der Waals surface area contributed by atoms with Crippen molar-refractivity contribution in [3.05, 3.63) is 54.4 Å². The minimum atomic E-state index is -4.47. The first-order valence-electron chi connectivity index (χ1n) is 9.10. The van der Waals surface area contributed by atoms with Crippen molar-refractivity contribution in [1.82, 2.24) is 14.7 Å². The number of oxime groups is 1. The monoisotopic (exact) mass is 419 g/mol. The number of fused-ring (bicyclic) bond motifs is 1. The zero-order valence-corrected chi connectivity index (χ0v) is 16.3. The van der Waals surface area contributed by atoms with Crippen molar-refractivity contribution < 1.29 is 22.8 Å². The Morgan fingerprint density at radius 1 is 1.27 bits per heavy atom. The largest absolute Gasteiger partial charge is 0.405 e. The average molecular weight is 419 g/mol. The van der Waals surface area contributed by atoms with Gasteiger partial charge in [0.25, 0.3) is 0 Å². The first-order chi connectivity index (χ1) is 14.3. The molecule has 0 spiro atoms. The van der Waals surface area contributed by atoms with Crippen molar-refractivity contribution in [2.24, 2.45) is 5.16 Å². The summed E-state index contributed by atoms with van der Waals surface area (Å²) in [7, 11) is 1.49. The Kier molecular flexibility index (Phi) is 6.24. The maximum atomic E-state index is 12.2. The fraction of sp³-hybridized carbons (Fsp3) is 0.250. The normalized spacial score (nSPS) is 12.1. The number of pyridine rings is 1. The van der Waals surface area contributed by atoms with Crippen LogP contribution in [0.2, 0.25) is 0 Å². The summed E-state index contributed by atoms with van der Waals surface area (Å²) >= 11 is 0. The molecule has 0 saturated heterocycles. The highest BCUT2D eigenvalue weighted by molar-refractivity contribution is 6.00. The van der Waals surface area contributed by atoms with Gasteiger partial charge in [-0.1, -0.05) is 24.2 Å². The lowest BCUT2D eigenvalue weighted by Crippen LogP contribution is -2.36. The zero-order valence-electron chi connectivity index (χ0n) is 16.3. The van der Waals surface area contributed by atoms with Gasteiger partial charge < -0.3 is 15.5 Å². The number of rotatable bonds is 6. The molecule has 0 saturated carbocycles. The summed E-state index contributed by atoms with van der Waals surface area (Å²) in [6.07, 6.45) is -0.243. The van der Waals surface area contributed by atoms with Crippen LogP contribution in [0.4, 0.5) is 23.7 Å². The molecule has 2 aromatic heterocycles. The predicted octanol–water partition coefficient (Wildman–Crippen LogP) is 4.45. The van der Waals surface area contributed by atoms with E-state index in [4.69, 9.17) is 4.84 Å². The first kappa shape index (κ1) is 21.2. The summed E-state index contributed by atoms with van der Waals surface area (Å²) < 4.78 is 38.6. The molecule has 0 bridgehead atoms. The summed E-state index contributed by atoms with van der Waals surface area (Å²) in [6.45, 7) is 0.572. The van der Waals surface area contributed by atoms with Crippen molar-refractivity contribution >= 4 is 23.1 Å². The number of benzene rings is 1. The Hall–Kier alpha value is -3.56. The molecule has 0 aliphatic rings. The van der Waals surface area contributed by atoms with Gasteiger partial charge in [-0.25, -0.2) is 9.78 Å². The number of hydrogen-bond acceptors (Lipinski definition) is 4. The van der Waals surface area contributed by atoms with Gasteiger partial charge in [0.1, 0.15) is 19.3 Å². The van der Waals surface area contributed by atoms with Crippen LogP contribution < -0.4 is 10.6 Å². The van der Waals surface area contributed by atoms with Crippen LogP contribution >= 0.6 is 0 Å². The molecule has 0 atom stereocenters. The van der Waals surface area contributed by atoms with Crippen LogP contribution in [-0.2, 0) is 4.84 Å². The van der Waals surface area contributed by atoms with E-state index in [1.54, 1.807) is 29.7 Å². The van der Waals surface area contributed by atoms with E-state index in [1.165, 1.54) is 7.11 Å². The van der Waals surface area contributed by atoms with Crippen LogP contribution in [0, 0.1) is 0 Å². The highest BCUT2D eigenvalue weighted by Crippen LogP contribution is 2.24. The number of imidazole rings is 1. The van der Waals surface area contributed by atoms with Crippen LogP contribution in [0.5, 0.6) is 0 Å². The Labute approximate surface area is 170 Å². The van der Waals surface area contributed by atoms with E-state index in [2.05, 4.69) is 15.5 Å². The van der Waals surface area contributed by atoms with Crippen LogP contribution in [0.3, 0.4) is 0 Å². The van der Waals surface area contributed by atoms with Gasteiger partial charge in [-0.3, -0.25) is 4.40 Å². The van der Waals surface area contributed by atoms with E-state index in [0.717, 1.165) is 22.5 Å². The average Bonchev–Trinajstić information content (AvgIpc) is 3.13. The lowest BCUT2D eigenvalue weighted by Gasteiger charge is -2.11. The predicted molar refractivity (Wildman–Crippen MR) is 108 cm³/mol. The number of carbonyl (C=O) groups is 1. The van der Waals surface area contributed by atoms with E-state index < -0.39 is 18.8 Å². The van der Waals surface area contributed by atoms with Gasteiger partial charge in [0.2, 0.25) is 0 Å². The van der Waals surface area contributed by atoms with Crippen molar-refractivity contribution in [2.75, 3.05) is 19.0 Å². The van der Waals surface area contributed by atoms with Crippen LogP contribution in [0.25, 0.3) is 16.9 Å². The van der Waals surface area contributed by atoms with Gasteiger partial charge in [-0.05, 0) is 30.7 Å². The molecule has 3 aromatic rings. The fourth-order valence-corrected chi connectivity index (χ4v) is 2.92. The van der Waals surface area contributed by atoms with Crippen molar-refractivity contribution in [3.63, 3.8) is 0 Å². The number of nitrogens with one attached hydrogen (secondary N) is 2. The third kappa shape index (κ3) is 5.07. The minimum Gasteiger partial charge on any atom is -0.399 e. The summed E-state index contributed by atoms with van der Waals surface area (Å²) in [6, 6.07) is 9.62. The fourth-order valence-electron chi connectivity index (χ4n) is 2.92. The van der Waals surface area contributed by atoms with E-state index in [0.29, 0.717) is 17.8 Å². The molecule has 30 heavy (non-hydrogen) atoms. The molecule has 7 nitrogen and oxygen atoms in total. The SMILES string of the molecule is CCC(=NOC)c1ccn2c(-c3cccc(NC(=O)NCC(F)(F)F)c3)cnc2c1. The van der Waals surface area contributed by atoms with Gasteiger partial charge in [0.05, 0.1) is 17.6 Å². The minimum absolute atomic E-state index is 0.360. The molecular weight excluding hydrogens is 399 g/mol. The first-order valence-corrected chi connectivity index (χ1v) is 9.10. The van der Waals surface area contributed by atoms with E-state index in [1.807, 2.05) is 35.7 Å². The van der Waals surface area contributed by atoms with Crippen molar-refractivity contribution in [3.8, 4) is 11.3 Å². The highest BCUT2D eigenvalue weighted by Gasteiger charge is 2.27. The van der Waals surface area contributed by atoms with E-state index in [-0.39, 0.29) is 0 Å². The van der Waals surface area contributed by atoms with Crippen LogP contribution in [-0.4, -0.2) is 41.0 Å². The maximum Gasteiger partial charge on any atom is 0.405 e. The summed E-state index contributed by atoms with van der Waals surface area (Å²) in [5, 5.41) is 8.19. The van der Waals surface area contributed by atoms with Crippen LogP contribution in [0.1, 0.15) is 18.9 Å². The number of alkyl halides is 3. The molecular formula is C20H20F3N5O2. The number of aromatic nitrogens is 2. The number of urea groups is 1. The summed E-state index contributed by atoms with van der Waals surface area (Å²) in [4.78, 5) is 21.0. The number of nitrogens with zero attached hydrogens (tertiary/aromatic N) is 3. The third-order valence-electron chi connectivity index (χ3n) is 4.25. The van der Waals surface area contributed by atoms with Crippen molar-refractivity contribution in [1.29, 1.82) is 0 Å². The van der Waals surface area contributed by atoms with Gasteiger partial charge >= 0.3 is 12.2 Å². The molecule has 2 heterocycles. The summed E-state index contributed by atoms with van der Waals surface area (Å²) in [5.74, 6) is 0. The smallest absolute Gasteiger partial charge is 0.399 e. The molecule has 0 aliphatic heterocycles. The standard InChI is InChI=1S/C20H20F3N5O2/c1-3-16(27-30-2)13-7-8-28-17(11-24-18(28)10-13)14-5-4-6-15(9-14)26-19(29)25-12-20(21,22)23/h4-11H,3,12H2,1-2H3,(H2,25,26,29). The topological polar surface area (TPSA) is 80.0 Å². The van der Waals surface area contributed by atoms with Gasteiger partial charge in [-0.2, -0.15) is 13.2 Å². The maximum absolute atomic E-state index is 12.2. The Morgan fingerprint density at radius 3 is 2.77 bits per heavy atom. The number of halogens is 3. The van der Waals surface area contributed by atoms with Crippen molar-refractivity contribution in [2.45, 2.75) is 19.5 Å². The molecule has 2 N–H and O–H groups in total. The lowest BCUT2D eigenvalue weighted by atomic mass is 10.1. The molecule has 3 rings (SSSR count). The second-order valence-corrected chi connectivity index (χ2v) is 6.36. The molecule has 10 heteroatoms. The Balaban J connectivity index is 1.83. The number of anilines is 1. The molecule has 0 aliphatic carbocycles. The second-order valence-electron chi connectivity index (χ2n) is 6.36. The van der Waals surface area contributed by atoms with Gasteiger partial charge in [0.15, 0.2) is 0 Å². The number of amides is 2. The molecule has 158 valence electrons. The van der Waals surface area contributed by atoms with Gasteiger partial charge in [0, 0.05) is 23.0 Å². The van der Waals surface area contributed by atoms with Gasteiger partial charge in [-0.15, -0.1) is 0 Å². The Morgan fingerprint density at radius 2 is 2.07 bits per heavy atom. The number of hydrogen-bond donors (Lipinski definition) is 2. The van der Waals surface area contributed by atoms with Crippen LogP contribution in [0.15, 0.2) is 53.9 Å². The molecule has 0 fully saturated rings. The molecule has 0 radical (unpaired) electrons. The lowest BCUT2D eigenvalue weighted by molar-refractivity contribution is -0.122. The quantitative estimate of drug-likeness (QED) is 0.458.